The van der Waals surface area contributed by atoms with Crippen molar-refractivity contribution >= 4 is 23.5 Å². The number of piperidine rings is 1. The van der Waals surface area contributed by atoms with E-state index in [2.05, 4.69) is 15.6 Å². The van der Waals surface area contributed by atoms with Crippen molar-refractivity contribution in [2.24, 2.45) is 0 Å². The molecule has 8 nitrogen and oxygen atoms in total. The van der Waals surface area contributed by atoms with Gasteiger partial charge < -0.3 is 0 Å². The standard InChI is InChI=1S/C15H13N5O3/c21-13-6-5-11(14(22)16-13)20-8-12(17-18-20)19-7-9-3-1-2-4-10(9)15(19)23/h1-4,8,11H,5-7H2,(H,16,21,22). The lowest BCUT2D eigenvalue weighted by atomic mass is 10.1. The molecule has 116 valence electrons. The van der Waals surface area contributed by atoms with E-state index in [0.29, 0.717) is 24.3 Å². The Hall–Kier alpha value is -3.03. The number of anilines is 1. The third-order valence-electron chi connectivity index (χ3n) is 4.13. The van der Waals surface area contributed by atoms with Crippen molar-refractivity contribution in [3.05, 3.63) is 41.6 Å². The Morgan fingerprint density at radius 3 is 2.78 bits per heavy atom. The molecule has 3 heterocycles. The molecule has 3 amide bonds. The molecular formula is C15H13N5O3. The first-order chi connectivity index (χ1) is 11.1. The number of carbonyl (C=O) groups excluding carboxylic acids is 3. The summed E-state index contributed by atoms with van der Waals surface area (Å²) < 4.78 is 1.41. The second-order valence-electron chi connectivity index (χ2n) is 5.57. The molecule has 0 aliphatic carbocycles. The average Bonchev–Trinajstić information content (AvgIpc) is 3.13. The minimum Gasteiger partial charge on any atom is -0.295 e. The number of imide groups is 1. The minimum atomic E-state index is -0.575. The van der Waals surface area contributed by atoms with E-state index in [-0.39, 0.29) is 18.2 Å². The fraction of sp³-hybridized carbons (Fsp3) is 0.267. The topological polar surface area (TPSA) is 97.2 Å². The Labute approximate surface area is 131 Å². The van der Waals surface area contributed by atoms with Gasteiger partial charge in [-0.15, -0.1) is 5.10 Å². The van der Waals surface area contributed by atoms with E-state index in [9.17, 15) is 14.4 Å². The minimum absolute atomic E-state index is 0.129. The van der Waals surface area contributed by atoms with Gasteiger partial charge in [-0.25, -0.2) is 4.68 Å². The normalized spacial score (nSPS) is 20.6. The highest BCUT2D eigenvalue weighted by Crippen LogP contribution is 2.27. The maximum Gasteiger partial charge on any atom is 0.260 e. The smallest absolute Gasteiger partial charge is 0.260 e. The summed E-state index contributed by atoms with van der Waals surface area (Å²) in [5.41, 5.74) is 1.59. The van der Waals surface area contributed by atoms with Crippen molar-refractivity contribution in [1.29, 1.82) is 0 Å². The van der Waals surface area contributed by atoms with Gasteiger partial charge in [-0.1, -0.05) is 23.4 Å². The molecule has 1 aromatic heterocycles. The van der Waals surface area contributed by atoms with Crippen LogP contribution < -0.4 is 10.2 Å². The fourth-order valence-corrected chi connectivity index (χ4v) is 2.92. The van der Waals surface area contributed by atoms with Crippen LogP contribution in [0.3, 0.4) is 0 Å². The van der Waals surface area contributed by atoms with Crippen molar-refractivity contribution < 1.29 is 14.4 Å². The molecule has 2 aliphatic heterocycles. The number of rotatable bonds is 2. The lowest BCUT2D eigenvalue weighted by molar-refractivity contribution is -0.136. The number of benzene rings is 1. The number of nitrogens with one attached hydrogen (secondary N) is 1. The zero-order valence-electron chi connectivity index (χ0n) is 12.1. The first-order valence-electron chi connectivity index (χ1n) is 7.29. The molecular weight excluding hydrogens is 298 g/mol. The van der Waals surface area contributed by atoms with Crippen molar-refractivity contribution in [2.75, 3.05) is 4.90 Å². The average molecular weight is 311 g/mol. The van der Waals surface area contributed by atoms with Crippen LogP contribution >= 0.6 is 0 Å². The molecule has 0 spiro atoms. The lowest BCUT2D eigenvalue weighted by Crippen LogP contribution is -2.41. The van der Waals surface area contributed by atoms with Crippen LogP contribution in [-0.4, -0.2) is 32.7 Å². The number of fused-ring (bicyclic) bond motifs is 1. The molecule has 0 bridgehead atoms. The summed E-state index contributed by atoms with van der Waals surface area (Å²) in [7, 11) is 0. The highest BCUT2D eigenvalue weighted by atomic mass is 16.2. The zero-order chi connectivity index (χ0) is 16.0. The van der Waals surface area contributed by atoms with Crippen LogP contribution in [0.1, 0.15) is 34.8 Å². The number of carbonyl (C=O) groups is 3. The largest absolute Gasteiger partial charge is 0.295 e. The Bertz CT molecular complexity index is 828. The zero-order valence-corrected chi connectivity index (χ0v) is 12.1. The Balaban J connectivity index is 1.59. The van der Waals surface area contributed by atoms with Crippen LogP contribution in [0.5, 0.6) is 0 Å². The summed E-state index contributed by atoms with van der Waals surface area (Å²) in [4.78, 5) is 37.0. The van der Waals surface area contributed by atoms with Crippen molar-refractivity contribution in [1.82, 2.24) is 20.3 Å². The molecule has 0 radical (unpaired) electrons. The molecule has 1 unspecified atom stereocenters. The van der Waals surface area contributed by atoms with Crippen LogP contribution in [-0.2, 0) is 16.1 Å². The fourth-order valence-electron chi connectivity index (χ4n) is 2.92. The Kier molecular flexibility index (Phi) is 2.97. The first-order valence-corrected chi connectivity index (χ1v) is 7.29. The van der Waals surface area contributed by atoms with Gasteiger partial charge >= 0.3 is 0 Å². The predicted octanol–water partition coefficient (Wildman–Crippen LogP) is 0.416. The quantitative estimate of drug-likeness (QED) is 0.811. The van der Waals surface area contributed by atoms with Crippen molar-refractivity contribution in [3.63, 3.8) is 0 Å². The second-order valence-corrected chi connectivity index (χ2v) is 5.57. The lowest BCUT2D eigenvalue weighted by Gasteiger charge is -2.20. The summed E-state index contributed by atoms with van der Waals surface area (Å²) >= 11 is 0. The predicted molar refractivity (Wildman–Crippen MR) is 78.4 cm³/mol. The maximum absolute atomic E-state index is 12.4. The van der Waals surface area contributed by atoms with E-state index >= 15 is 0 Å². The molecule has 1 atom stereocenters. The molecule has 23 heavy (non-hydrogen) atoms. The van der Waals surface area contributed by atoms with Gasteiger partial charge in [0.05, 0.1) is 12.7 Å². The van der Waals surface area contributed by atoms with Crippen LogP contribution in [0.25, 0.3) is 0 Å². The first kappa shape index (κ1) is 13.6. The molecule has 4 rings (SSSR count). The van der Waals surface area contributed by atoms with Crippen LogP contribution in [0, 0.1) is 0 Å². The molecule has 1 N–H and O–H groups in total. The van der Waals surface area contributed by atoms with Gasteiger partial charge in [-0.3, -0.25) is 24.6 Å². The van der Waals surface area contributed by atoms with Gasteiger partial charge in [-0.2, -0.15) is 0 Å². The summed E-state index contributed by atoms with van der Waals surface area (Å²) in [5.74, 6) is -0.405. The highest BCUT2D eigenvalue weighted by molar-refractivity contribution is 6.09. The van der Waals surface area contributed by atoms with E-state index in [0.717, 1.165) is 5.56 Å². The van der Waals surface area contributed by atoms with Gasteiger partial charge in [0.15, 0.2) is 5.82 Å². The second kappa shape index (κ2) is 5.01. The van der Waals surface area contributed by atoms with E-state index in [1.165, 1.54) is 9.58 Å². The maximum atomic E-state index is 12.4. The number of hydrogen-bond donors (Lipinski definition) is 1. The van der Waals surface area contributed by atoms with Gasteiger partial charge in [0.1, 0.15) is 6.04 Å². The van der Waals surface area contributed by atoms with Crippen molar-refractivity contribution in [3.8, 4) is 0 Å². The van der Waals surface area contributed by atoms with E-state index in [1.54, 1.807) is 12.3 Å². The number of amides is 3. The van der Waals surface area contributed by atoms with Crippen LogP contribution in [0.4, 0.5) is 5.82 Å². The number of hydrogen-bond acceptors (Lipinski definition) is 5. The summed E-state index contributed by atoms with van der Waals surface area (Å²) in [6, 6.07) is 6.81. The Morgan fingerprint density at radius 2 is 2.00 bits per heavy atom. The molecule has 2 aliphatic rings. The molecule has 1 fully saturated rings. The molecule has 8 heteroatoms. The van der Waals surface area contributed by atoms with Crippen molar-refractivity contribution in [2.45, 2.75) is 25.4 Å². The van der Waals surface area contributed by atoms with E-state index < -0.39 is 11.9 Å². The molecule has 1 aromatic carbocycles. The number of nitrogens with zero attached hydrogens (tertiary/aromatic N) is 4. The monoisotopic (exact) mass is 311 g/mol. The third-order valence-corrected chi connectivity index (χ3v) is 4.13. The van der Waals surface area contributed by atoms with Gasteiger partial charge in [-0.05, 0) is 18.1 Å². The van der Waals surface area contributed by atoms with Gasteiger partial charge in [0.25, 0.3) is 11.8 Å². The van der Waals surface area contributed by atoms with Crippen LogP contribution in [0.15, 0.2) is 30.5 Å². The molecule has 2 aromatic rings. The highest BCUT2D eigenvalue weighted by Gasteiger charge is 2.32. The molecule has 0 saturated carbocycles. The van der Waals surface area contributed by atoms with E-state index in [1.807, 2.05) is 18.2 Å². The van der Waals surface area contributed by atoms with Gasteiger partial charge in [0.2, 0.25) is 5.91 Å². The third kappa shape index (κ3) is 2.19. The molecule has 1 saturated heterocycles. The summed E-state index contributed by atoms with van der Waals surface area (Å²) in [6.45, 7) is 0.434. The summed E-state index contributed by atoms with van der Waals surface area (Å²) in [5, 5.41) is 10.3. The van der Waals surface area contributed by atoms with Crippen LogP contribution in [0.2, 0.25) is 0 Å². The van der Waals surface area contributed by atoms with E-state index in [4.69, 9.17) is 0 Å². The van der Waals surface area contributed by atoms with Gasteiger partial charge in [0, 0.05) is 12.0 Å². The SMILES string of the molecule is O=C1CCC(n2cc(N3Cc4ccccc4C3=O)nn2)C(=O)N1. The summed E-state index contributed by atoms with van der Waals surface area (Å²) in [6.07, 6.45) is 2.21. The number of aromatic nitrogens is 3. The Morgan fingerprint density at radius 1 is 1.17 bits per heavy atom.